The summed E-state index contributed by atoms with van der Waals surface area (Å²) in [4.78, 5) is 24.2. The highest BCUT2D eigenvalue weighted by Gasteiger charge is 2.54. The van der Waals surface area contributed by atoms with Crippen LogP contribution in [0.25, 0.3) is 6.08 Å². The number of halogens is 4. The van der Waals surface area contributed by atoms with Crippen molar-refractivity contribution in [3.05, 3.63) is 39.9 Å². The van der Waals surface area contributed by atoms with Crippen LogP contribution in [0.3, 0.4) is 0 Å². The first-order valence-corrected chi connectivity index (χ1v) is 12.6. The first kappa shape index (κ1) is 28.1. The molecule has 0 aliphatic carbocycles. The molecule has 0 aromatic heterocycles. The summed E-state index contributed by atoms with van der Waals surface area (Å²) in [5.41, 5.74) is -4.96. The molecule has 1 atom stereocenters. The Morgan fingerprint density at radius 3 is 2.35 bits per heavy atom. The minimum atomic E-state index is -5.77. The minimum Gasteiger partial charge on any atom is -0.466 e. The SMILES string of the molecule is CCCCOC(=O)/C=C/c1cc(Cl)cc2c1CN(S(=O)(=O)C(F)(F)F)C2CC(=O)OCCCC. The van der Waals surface area contributed by atoms with E-state index in [9.17, 15) is 31.2 Å². The summed E-state index contributed by atoms with van der Waals surface area (Å²) in [6.45, 7) is 3.44. The van der Waals surface area contributed by atoms with E-state index in [0.717, 1.165) is 18.9 Å². The van der Waals surface area contributed by atoms with Crippen LogP contribution in [0.5, 0.6) is 0 Å². The monoisotopic (exact) mass is 525 g/mol. The Morgan fingerprint density at radius 2 is 1.76 bits per heavy atom. The molecule has 1 aliphatic heterocycles. The molecule has 0 amide bonds. The molecule has 2 rings (SSSR count). The maximum Gasteiger partial charge on any atom is 0.511 e. The van der Waals surface area contributed by atoms with Crippen LogP contribution in [0.15, 0.2) is 18.2 Å². The average Bonchev–Trinajstić information content (AvgIpc) is 3.10. The molecule has 0 bridgehead atoms. The van der Waals surface area contributed by atoms with E-state index in [2.05, 4.69) is 0 Å². The van der Waals surface area contributed by atoms with Gasteiger partial charge in [-0.3, -0.25) is 4.79 Å². The number of sulfonamides is 1. The number of esters is 2. The zero-order valence-electron chi connectivity index (χ0n) is 18.9. The fraction of sp³-hybridized carbons (Fsp3) is 0.545. The smallest absolute Gasteiger partial charge is 0.466 e. The zero-order valence-corrected chi connectivity index (χ0v) is 20.4. The van der Waals surface area contributed by atoms with Gasteiger partial charge in [0.25, 0.3) is 0 Å². The summed E-state index contributed by atoms with van der Waals surface area (Å²) in [7, 11) is -5.77. The molecular formula is C22H27ClF3NO6S. The number of ether oxygens (including phenoxy) is 2. The van der Waals surface area contributed by atoms with E-state index in [1.54, 1.807) is 0 Å². The Balaban J connectivity index is 2.42. The second-order valence-electron chi connectivity index (χ2n) is 7.71. The summed E-state index contributed by atoms with van der Waals surface area (Å²) >= 11 is 6.15. The van der Waals surface area contributed by atoms with Crippen LogP contribution >= 0.6 is 11.6 Å². The van der Waals surface area contributed by atoms with Gasteiger partial charge < -0.3 is 9.47 Å². The number of fused-ring (bicyclic) bond motifs is 1. The normalized spacial score (nSPS) is 16.6. The van der Waals surface area contributed by atoms with Gasteiger partial charge in [0, 0.05) is 17.6 Å². The molecule has 1 unspecified atom stereocenters. The minimum absolute atomic E-state index is 0.0740. The van der Waals surface area contributed by atoms with Crippen molar-refractivity contribution in [1.29, 1.82) is 0 Å². The van der Waals surface area contributed by atoms with Gasteiger partial charge in [0.1, 0.15) is 0 Å². The molecule has 0 N–H and O–H groups in total. The maximum atomic E-state index is 13.4. The lowest BCUT2D eigenvalue weighted by Crippen LogP contribution is -2.40. The van der Waals surface area contributed by atoms with Crippen LogP contribution in [0.2, 0.25) is 5.02 Å². The van der Waals surface area contributed by atoms with Crippen LogP contribution in [-0.2, 0) is 35.6 Å². The Morgan fingerprint density at radius 1 is 1.15 bits per heavy atom. The van der Waals surface area contributed by atoms with Crippen molar-refractivity contribution in [3.63, 3.8) is 0 Å². The van der Waals surface area contributed by atoms with Gasteiger partial charge in [-0.15, -0.1) is 0 Å². The summed E-state index contributed by atoms with van der Waals surface area (Å²) in [6, 6.07) is 1.26. The number of benzene rings is 1. The molecule has 1 aliphatic rings. The van der Waals surface area contributed by atoms with E-state index in [1.807, 2.05) is 13.8 Å². The Hall–Kier alpha value is -2.11. The first-order chi connectivity index (χ1) is 15.9. The molecule has 7 nitrogen and oxygen atoms in total. The standard InChI is InChI=1S/C22H27ClF3NO6S/c1-3-5-9-32-20(28)8-7-15-11-16(23)12-17-18(15)14-27(34(30,31)22(24,25)26)19(17)13-21(29)33-10-6-4-2/h7-8,11-12,19H,3-6,9-10,13-14H2,1-2H3/b8-7+. The van der Waals surface area contributed by atoms with Crippen molar-refractivity contribution >= 4 is 39.6 Å². The van der Waals surface area contributed by atoms with Crippen LogP contribution in [0.1, 0.15) is 68.7 Å². The fourth-order valence-corrected chi connectivity index (χ4v) is 4.72. The lowest BCUT2D eigenvalue weighted by atomic mass is 9.98. The van der Waals surface area contributed by atoms with Gasteiger partial charge in [0.2, 0.25) is 0 Å². The largest absolute Gasteiger partial charge is 0.511 e. The van der Waals surface area contributed by atoms with Gasteiger partial charge in [-0.1, -0.05) is 38.3 Å². The van der Waals surface area contributed by atoms with Crippen molar-refractivity contribution in [3.8, 4) is 0 Å². The molecule has 0 fully saturated rings. The first-order valence-electron chi connectivity index (χ1n) is 10.8. The highest BCUT2D eigenvalue weighted by molar-refractivity contribution is 7.90. The summed E-state index contributed by atoms with van der Waals surface area (Å²) < 4.78 is 75.1. The third-order valence-corrected chi connectivity index (χ3v) is 6.97. The molecule has 0 saturated carbocycles. The van der Waals surface area contributed by atoms with Crippen LogP contribution < -0.4 is 0 Å². The predicted octanol–water partition coefficient (Wildman–Crippen LogP) is 5.14. The Kier molecular flexibility index (Phi) is 9.96. The molecule has 0 radical (unpaired) electrons. The summed E-state index contributed by atoms with van der Waals surface area (Å²) in [6.07, 6.45) is 4.58. The second-order valence-corrected chi connectivity index (χ2v) is 10.0. The predicted molar refractivity (Wildman–Crippen MR) is 120 cm³/mol. The van der Waals surface area contributed by atoms with E-state index in [1.165, 1.54) is 18.2 Å². The molecule has 0 spiro atoms. The van der Waals surface area contributed by atoms with E-state index in [4.69, 9.17) is 21.1 Å². The third kappa shape index (κ3) is 6.96. The van der Waals surface area contributed by atoms with Gasteiger partial charge in [-0.05, 0) is 47.7 Å². The lowest BCUT2D eigenvalue weighted by Gasteiger charge is -2.25. The molecule has 190 valence electrons. The highest BCUT2D eigenvalue weighted by atomic mass is 35.5. The Bertz CT molecular complexity index is 1030. The van der Waals surface area contributed by atoms with Crippen LogP contribution in [0, 0.1) is 0 Å². The number of rotatable bonds is 11. The molecule has 1 aromatic carbocycles. The van der Waals surface area contributed by atoms with Gasteiger partial charge in [-0.25, -0.2) is 13.2 Å². The van der Waals surface area contributed by atoms with E-state index >= 15 is 0 Å². The van der Waals surface area contributed by atoms with Crippen molar-refractivity contribution in [1.82, 2.24) is 4.31 Å². The quantitative estimate of drug-likeness (QED) is 0.226. The number of alkyl halides is 3. The molecule has 0 saturated heterocycles. The number of nitrogens with zero attached hydrogens (tertiary/aromatic N) is 1. The van der Waals surface area contributed by atoms with Crippen molar-refractivity contribution in [2.75, 3.05) is 13.2 Å². The second kappa shape index (κ2) is 12.0. The van der Waals surface area contributed by atoms with Crippen molar-refractivity contribution < 1.29 is 40.7 Å². The molecule has 1 heterocycles. The third-order valence-electron chi connectivity index (χ3n) is 5.17. The molecule has 12 heteroatoms. The van der Waals surface area contributed by atoms with Gasteiger partial charge in [0.05, 0.1) is 25.7 Å². The van der Waals surface area contributed by atoms with Crippen LogP contribution in [0.4, 0.5) is 13.2 Å². The van der Waals surface area contributed by atoms with E-state index in [0.29, 0.717) is 12.8 Å². The summed E-state index contributed by atoms with van der Waals surface area (Å²) in [5.74, 6) is -1.48. The molecule has 34 heavy (non-hydrogen) atoms. The molecule has 1 aromatic rings. The highest BCUT2D eigenvalue weighted by Crippen LogP contribution is 2.45. The van der Waals surface area contributed by atoms with Crippen molar-refractivity contribution in [2.45, 2.75) is 64.0 Å². The summed E-state index contributed by atoms with van der Waals surface area (Å²) in [5, 5.41) is 0.105. The number of hydrogen-bond acceptors (Lipinski definition) is 6. The van der Waals surface area contributed by atoms with Gasteiger partial charge in [-0.2, -0.15) is 17.5 Å². The number of carbonyl (C=O) groups is 2. The number of carbonyl (C=O) groups excluding carboxylic acids is 2. The zero-order chi connectivity index (χ0) is 25.5. The lowest BCUT2D eigenvalue weighted by molar-refractivity contribution is -0.145. The average molecular weight is 526 g/mol. The van der Waals surface area contributed by atoms with E-state index < -0.39 is 46.5 Å². The number of hydrogen-bond donors (Lipinski definition) is 0. The fourth-order valence-electron chi connectivity index (χ4n) is 3.40. The van der Waals surface area contributed by atoms with Gasteiger partial charge >= 0.3 is 27.5 Å². The molecular weight excluding hydrogens is 499 g/mol. The van der Waals surface area contributed by atoms with E-state index in [-0.39, 0.29) is 39.2 Å². The maximum absolute atomic E-state index is 13.4. The number of unbranched alkanes of at least 4 members (excludes halogenated alkanes) is 2. The topological polar surface area (TPSA) is 90.0 Å². The van der Waals surface area contributed by atoms with Crippen LogP contribution in [-0.4, -0.2) is 43.4 Å². The van der Waals surface area contributed by atoms with Crippen molar-refractivity contribution in [2.24, 2.45) is 0 Å². The van der Waals surface area contributed by atoms with Gasteiger partial charge in [0.15, 0.2) is 0 Å². The Labute approximate surface area is 201 Å².